The van der Waals surface area contributed by atoms with Gasteiger partial charge in [0, 0.05) is 11.1 Å². The number of carbonyl (C=O) groups excluding carboxylic acids is 3. The van der Waals surface area contributed by atoms with Gasteiger partial charge in [-0.25, -0.2) is 4.79 Å². The van der Waals surface area contributed by atoms with E-state index < -0.39 is 18.1 Å². The number of rotatable bonds is 10. The monoisotopic (exact) mass is 415 g/mol. The Hall–Kier alpha value is -2.80. The van der Waals surface area contributed by atoms with Gasteiger partial charge >= 0.3 is 5.97 Å². The van der Waals surface area contributed by atoms with Crippen LogP contribution in [0.1, 0.15) is 34.1 Å². The first-order chi connectivity index (χ1) is 14.0. The molecule has 0 saturated carbocycles. The molecular formula is C22H25NO5S. The van der Waals surface area contributed by atoms with Crippen LogP contribution in [0.3, 0.4) is 0 Å². The highest BCUT2D eigenvalue weighted by molar-refractivity contribution is 7.98. The molecule has 0 saturated heterocycles. The fourth-order valence-electron chi connectivity index (χ4n) is 2.62. The van der Waals surface area contributed by atoms with Gasteiger partial charge in [-0.2, -0.15) is 11.8 Å². The summed E-state index contributed by atoms with van der Waals surface area (Å²) in [6.07, 6.45) is 1.35. The van der Waals surface area contributed by atoms with E-state index in [2.05, 4.69) is 5.32 Å². The Labute approximate surface area is 175 Å². The summed E-state index contributed by atoms with van der Waals surface area (Å²) in [5, 5.41) is 2.71. The minimum absolute atomic E-state index is 0.320. The average Bonchev–Trinajstić information content (AvgIpc) is 2.76. The fraction of sp³-hybridized carbons (Fsp3) is 0.318. The van der Waals surface area contributed by atoms with Gasteiger partial charge in [0.25, 0.3) is 5.91 Å². The highest BCUT2D eigenvalue weighted by atomic mass is 32.2. The van der Waals surface area contributed by atoms with Crippen LogP contribution in [0.2, 0.25) is 0 Å². The Morgan fingerprint density at radius 1 is 1.00 bits per heavy atom. The minimum atomic E-state index is -0.971. The van der Waals surface area contributed by atoms with Gasteiger partial charge < -0.3 is 14.8 Å². The first kappa shape index (κ1) is 22.5. The van der Waals surface area contributed by atoms with E-state index in [9.17, 15) is 14.4 Å². The summed E-state index contributed by atoms with van der Waals surface area (Å²) in [4.78, 5) is 37.6. The highest BCUT2D eigenvalue weighted by Crippen LogP contribution is 2.15. The van der Waals surface area contributed by atoms with Crippen molar-refractivity contribution in [2.45, 2.75) is 25.5 Å². The summed E-state index contributed by atoms with van der Waals surface area (Å²) in [6.45, 7) is 1.52. The van der Waals surface area contributed by atoms with Crippen LogP contribution < -0.4 is 10.1 Å². The number of methoxy groups -OCH3 is 1. The summed E-state index contributed by atoms with van der Waals surface area (Å²) < 4.78 is 10.5. The molecule has 0 aliphatic carbocycles. The van der Waals surface area contributed by atoms with Crippen LogP contribution in [0, 0.1) is 0 Å². The molecule has 154 valence electrons. The van der Waals surface area contributed by atoms with E-state index in [1.807, 2.05) is 12.3 Å². The van der Waals surface area contributed by atoms with Crippen molar-refractivity contribution < 1.29 is 23.9 Å². The molecule has 0 aromatic heterocycles. The molecule has 0 spiro atoms. The molecule has 6 nitrogen and oxygen atoms in total. The second-order valence-corrected chi connectivity index (χ2v) is 7.33. The Kier molecular flexibility index (Phi) is 8.73. The zero-order valence-corrected chi connectivity index (χ0v) is 17.5. The maximum Gasteiger partial charge on any atom is 0.329 e. The van der Waals surface area contributed by atoms with Gasteiger partial charge in [0.05, 0.1) is 7.11 Å². The molecule has 29 heavy (non-hydrogen) atoms. The third kappa shape index (κ3) is 6.64. The number of benzene rings is 2. The number of nitrogens with one attached hydrogen (secondary N) is 1. The van der Waals surface area contributed by atoms with Gasteiger partial charge in [-0.1, -0.05) is 18.2 Å². The number of Topliss-reactive ketones (excluding diaryl/α,β-unsaturated/α-hetero) is 1. The zero-order chi connectivity index (χ0) is 21.2. The lowest BCUT2D eigenvalue weighted by Crippen LogP contribution is -2.44. The van der Waals surface area contributed by atoms with Crippen LogP contribution in [0.15, 0.2) is 54.6 Å². The lowest BCUT2D eigenvalue weighted by Gasteiger charge is -2.20. The molecule has 0 bridgehead atoms. The summed E-state index contributed by atoms with van der Waals surface area (Å²) in [6, 6.07) is 14.4. The lowest BCUT2D eigenvalue weighted by atomic mass is 10.1. The Balaban J connectivity index is 2.03. The summed E-state index contributed by atoms with van der Waals surface area (Å²) in [5.74, 6) is -0.0123. The first-order valence-corrected chi connectivity index (χ1v) is 10.6. The van der Waals surface area contributed by atoms with Crippen LogP contribution in [0.5, 0.6) is 5.75 Å². The van der Waals surface area contributed by atoms with Crippen molar-refractivity contribution >= 4 is 29.4 Å². The normalized spacial score (nSPS) is 12.5. The number of ketones is 1. The van der Waals surface area contributed by atoms with E-state index in [0.717, 1.165) is 0 Å². The number of hydrogen-bond donors (Lipinski definition) is 1. The Morgan fingerprint density at radius 3 is 2.24 bits per heavy atom. The zero-order valence-electron chi connectivity index (χ0n) is 16.7. The molecular weight excluding hydrogens is 390 g/mol. The third-order valence-corrected chi connectivity index (χ3v) is 4.92. The second kappa shape index (κ2) is 11.3. The van der Waals surface area contributed by atoms with E-state index in [1.54, 1.807) is 67.4 Å². The molecule has 7 heteroatoms. The van der Waals surface area contributed by atoms with Gasteiger partial charge in [0.1, 0.15) is 11.8 Å². The second-order valence-electron chi connectivity index (χ2n) is 6.35. The largest absolute Gasteiger partial charge is 0.497 e. The lowest BCUT2D eigenvalue weighted by molar-refractivity contribution is -0.148. The molecule has 2 aromatic rings. The summed E-state index contributed by atoms with van der Waals surface area (Å²) in [5.41, 5.74) is 0.872. The van der Waals surface area contributed by atoms with Crippen molar-refractivity contribution in [1.82, 2.24) is 5.32 Å². The van der Waals surface area contributed by atoms with Crippen LogP contribution in [-0.4, -0.2) is 48.9 Å². The van der Waals surface area contributed by atoms with Gasteiger partial charge in [-0.15, -0.1) is 0 Å². The molecule has 0 heterocycles. The SMILES string of the molecule is COc1ccc(C(=O)[C@H](C)OC(=O)[C@H](CCSC)NC(=O)c2ccccc2)cc1. The Morgan fingerprint density at radius 2 is 1.66 bits per heavy atom. The van der Waals surface area contributed by atoms with E-state index in [1.165, 1.54) is 6.92 Å². The average molecular weight is 416 g/mol. The summed E-state index contributed by atoms with van der Waals surface area (Å²) >= 11 is 1.56. The Bertz CT molecular complexity index is 823. The molecule has 0 fully saturated rings. The van der Waals surface area contributed by atoms with Crippen molar-refractivity contribution in [2.75, 3.05) is 19.1 Å². The van der Waals surface area contributed by atoms with Gasteiger partial charge in [0.15, 0.2) is 6.10 Å². The number of carbonyl (C=O) groups is 3. The molecule has 0 radical (unpaired) electrons. The highest BCUT2D eigenvalue weighted by Gasteiger charge is 2.27. The van der Waals surface area contributed by atoms with E-state index in [0.29, 0.717) is 29.1 Å². The molecule has 1 amide bonds. The van der Waals surface area contributed by atoms with Crippen LogP contribution >= 0.6 is 11.8 Å². The third-order valence-electron chi connectivity index (χ3n) is 4.27. The van der Waals surface area contributed by atoms with Gasteiger partial charge in [-0.05, 0) is 61.8 Å². The van der Waals surface area contributed by atoms with E-state index >= 15 is 0 Å². The topological polar surface area (TPSA) is 81.7 Å². The number of esters is 1. The smallest absolute Gasteiger partial charge is 0.329 e. The van der Waals surface area contributed by atoms with Crippen molar-refractivity contribution in [1.29, 1.82) is 0 Å². The van der Waals surface area contributed by atoms with E-state index in [-0.39, 0.29) is 11.7 Å². The minimum Gasteiger partial charge on any atom is -0.497 e. The number of hydrogen-bond acceptors (Lipinski definition) is 6. The van der Waals surface area contributed by atoms with Gasteiger partial charge in [0.2, 0.25) is 5.78 Å². The molecule has 1 N–H and O–H groups in total. The van der Waals surface area contributed by atoms with Crippen LogP contribution in [0.4, 0.5) is 0 Å². The van der Waals surface area contributed by atoms with Crippen molar-refractivity contribution in [2.24, 2.45) is 0 Å². The molecule has 0 aliphatic heterocycles. The molecule has 0 unspecified atom stereocenters. The standard InChI is InChI=1S/C22H25NO5S/c1-15(20(24)16-9-11-18(27-2)12-10-16)28-22(26)19(13-14-29-3)23-21(25)17-7-5-4-6-8-17/h4-12,15,19H,13-14H2,1-3H3,(H,23,25)/t15-,19-/m0/s1. The number of amides is 1. The number of thioether (sulfide) groups is 1. The predicted molar refractivity (Wildman–Crippen MR) is 114 cm³/mol. The maximum absolute atomic E-state index is 12.6. The molecule has 2 rings (SSSR count). The van der Waals surface area contributed by atoms with Gasteiger partial charge in [-0.3, -0.25) is 9.59 Å². The van der Waals surface area contributed by atoms with Crippen molar-refractivity contribution in [3.63, 3.8) is 0 Å². The first-order valence-electron chi connectivity index (χ1n) is 9.20. The molecule has 0 aliphatic rings. The van der Waals surface area contributed by atoms with E-state index in [4.69, 9.17) is 9.47 Å². The van der Waals surface area contributed by atoms with Crippen LogP contribution in [-0.2, 0) is 9.53 Å². The number of ether oxygens (including phenoxy) is 2. The predicted octanol–water partition coefficient (Wildman–Crippen LogP) is 3.36. The van der Waals surface area contributed by atoms with Crippen molar-refractivity contribution in [3.05, 3.63) is 65.7 Å². The maximum atomic E-state index is 12.6. The fourth-order valence-corrected chi connectivity index (χ4v) is 3.09. The summed E-state index contributed by atoms with van der Waals surface area (Å²) in [7, 11) is 1.54. The molecule has 2 aromatic carbocycles. The van der Waals surface area contributed by atoms with Crippen LogP contribution in [0.25, 0.3) is 0 Å². The quantitative estimate of drug-likeness (QED) is 0.473. The van der Waals surface area contributed by atoms with Crippen molar-refractivity contribution in [3.8, 4) is 5.75 Å². The molecule has 2 atom stereocenters.